The van der Waals surface area contributed by atoms with Crippen molar-refractivity contribution in [3.8, 4) is 17.0 Å². The zero-order valence-electron chi connectivity index (χ0n) is 11.0. The minimum atomic E-state index is -1.01. The number of hydrogen-bond acceptors (Lipinski definition) is 4. The summed E-state index contributed by atoms with van der Waals surface area (Å²) < 4.78 is 5.27. The Labute approximate surface area is 110 Å². The highest BCUT2D eigenvalue weighted by Crippen LogP contribution is 2.29. The van der Waals surface area contributed by atoms with Gasteiger partial charge in [-0.2, -0.15) is 10.2 Å². The molecule has 98 valence electrons. The second-order valence-electron chi connectivity index (χ2n) is 4.24. The number of aryl methyl sites for hydroxylation is 2. The van der Waals surface area contributed by atoms with Gasteiger partial charge in [0, 0.05) is 5.56 Å². The van der Waals surface area contributed by atoms with Gasteiger partial charge in [0.1, 0.15) is 5.75 Å². The Bertz CT molecular complexity index is 639. The predicted octanol–water partition coefficient (Wildman–Crippen LogP) is 2.47. The molecule has 0 saturated carbocycles. The highest BCUT2D eigenvalue weighted by atomic mass is 16.5. The summed E-state index contributed by atoms with van der Waals surface area (Å²) in [5, 5.41) is 17.1. The standard InChI is InChI=1S/C14H14N2O3/c1-8-4-5-13(19-3)11(6-8)12-7-10(14(17)18)9(2)15-16-12/h4-7H,1-3H3,(H,17,18). The summed E-state index contributed by atoms with van der Waals surface area (Å²) in [6.07, 6.45) is 0. The van der Waals surface area contributed by atoms with Crippen molar-refractivity contribution in [2.24, 2.45) is 0 Å². The summed E-state index contributed by atoms with van der Waals surface area (Å²) >= 11 is 0. The number of methoxy groups -OCH3 is 1. The highest BCUT2D eigenvalue weighted by Gasteiger charge is 2.14. The van der Waals surface area contributed by atoms with Gasteiger partial charge in [-0.05, 0) is 32.0 Å². The molecule has 1 N–H and O–H groups in total. The van der Waals surface area contributed by atoms with Crippen LogP contribution in [0.2, 0.25) is 0 Å². The van der Waals surface area contributed by atoms with E-state index in [2.05, 4.69) is 10.2 Å². The number of carboxylic acids is 1. The molecule has 0 aliphatic heterocycles. The molecule has 5 heteroatoms. The van der Waals surface area contributed by atoms with Crippen LogP contribution in [-0.4, -0.2) is 28.4 Å². The normalized spacial score (nSPS) is 10.3. The van der Waals surface area contributed by atoms with E-state index in [1.54, 1.807) is 14.0 Å². The van der Waals surface area contributed by atoms with Crippen LogP contribution < -0.4 is 4.74 Å². The molecule has 2 aromatic rings. The molecule has 1 aromatic carbocycles. The van der Waals surface area contributed by atoms with Crippen LogP contribution in [0.25, 0.3) is 11.3 Å². The first-order chi connectivity index (χ1) is 9.02. The van der Waals surface area contributed by atoms with Gasteiger partial charge in [-0.25, -0.2) is 4.79 Å². The number of carboxylic acid groups (broad SMARTS) is 1. The minimum Gasteiger partial charge on any atom is -0.496 e. The second kappa shape index (κ2) is 5.06. The third-order valence-corrected chi connectivity index (χ3v) is 2.84. The monoisotopic (exact) mass is 258 g/mol. The van der Waals surface area contributed by atoms with Crippen molar-refractivity contribution >= 4 is 5.97 Å². The fourth-order valence-corrected chi connectivity index (χ4v) is 1.82. The van der Waals surface area contributed by atoms with Crippen molar-refractivity contribution < 1.29 is 14.6 Å². The van der Waals surface area contributed by atoms with Crippen molar-refractivity contribution in [1.29, 1.82) is 0 Å². The molecule has 0 spiro atoms. The molecule has 1 aromatic heterocycles. The van der Waals surface area contributed by atoms with E-state index in [1.165, 1.54) is 6.07 Å². The fourth-order valence-electron chi connectivity index (χ4n) is 1.82. The van der Waals surface area contributed by atoms with E-state index in [-0.39, 0.29) is 5.56 Å². The van der Waals surface area contributed by atoms with Crippen LogP contribution in [0.4, 0.5) is 0 Å². The molecule has 0 atom stereocenters. The van der Waals surface area contributed by atoms with E-state index in [9.17, 15) is 4.79 Å². The lowest BCUT2D eigenvalue weighted by atomic mass is 10.1. The summed E-state index contributed by atoms with van der Waals surface area (Å²) in [6.45, 7) is 3.57. The number of aromatic nitrogens is 2. The van der Waals surface area contributed by atoms with Gasteiger partial charge in [-0.3, -0.25) is 0 Å². The maximum atomic E-state index is 11.1. The third kappa shape index (κ3) is 2.54. The largest absolute Gasteiger partial charge is 0.496 e. The average Bonchev–Trinajstić information content (AvgIpc) is 2.39. The summed E-state index contributed by atoms with van der Waals surface area (Å²) in [5.74, 6) is -0.375. The van der Waals surface area contributed by atoms with Crippen molar-refractivity contribution in [2.45, 2.75) is 13.8 Å². The smallest absolute Gasteiger partial charge is 0.337 e. The topological polar surface area (TPSA) is 72.3 Å². The van der Waals surface area contributed by atoms with Crippen molar-refractivity contribution in [3.63, 3.8) is 0 Å². The molecule has 1 heterocycles. The van der Waals surface area contributed by atoms with Gasteiger partial charge in [0.25, 0.3) is 0 Å². The Kier molecular flexibility index (Phi) is 3.46. The van der Waals surface area contributed by atoms with Crippen LogP contribution in [0, 0.1) is 13.8 Å². The number of ether oxygens (including phenoxy) is 1. The number of aromatic carboxylic acids is 1. The SMILES string of the molecule is COc1ccc(C)cc1-c1cc(C(=O)O)c(C)nn1. The van der Waals surface area contributed by atoms with Crippen molar-refractivity contribution in [2.75, 3.05) is 7.11 Å². The van der Waals surface area contributed by atoms with Crippen LogP contribution in [-0.2, 0) is 0 Å². The van der Waals surface area contributed by atoms with Crippen LogP contribution >= 0.6 is 0 Å². The predicted molar refractivity (Wildman–Crippen MR) is 70.5 cm³/mol. The van der Waals surface area contributed by atoms with Crippen LogP contribution in [0.3, 0.4) is 0 Å². The molecule has 0 amide bonds. The summed E-state index contributed by atoms with van der Waals surface area (Å²) in [4.78, 5) is 11.1. The van der Waals surface area contributed by atoms with E-state index in [0.29, 0.717) is 17.1 Å². The summed E-state index contributed by atoms with van der Waals surface area (Å²) in [7, 11) is 1.56. The van der Waals surface area contributed by atoms with E-state index in [1.807, 2.05) is 25.1 Å². The first-order valence-corrected chi connectivity index (χ1v) is 5.75. The summed E-state index contributed by atoms with van der Waals surface area (Å²) in [6, 6.07) is 7.15. The zero-order chi connectivity index (χ0) is 14.0. The molecule has 0 aliphatic carbocycles. The number of carbonyl (C=O) groups is 1. The Morgan fingerprint density at radius 2 is 1.95 bits per heavy atom. The lowest BCUT2D eigenvalue weighted by molar-refractivity contribution is 0.0695. The number of hydrogen-bond donors (Lipinski definition) is 1. The minimum absolute atomic E-state index is 0.147. The van der Waals surface area contributed by atoms with E-state index >= 15 is 0 Å². The van der Waals surface area contributed by atoms with Gasteiger partial charge in [0.05, 0.1) is 24.1 Å². The van der Waals surface area contributed by atoms with Crippen molar-refractivity contribution in [3.05, 3.63) is 41.1 Å². The first kappa shape index (κ1) is 13.0. The maximum absolute atomic E-state index is 11.1. The molecule has 0 bridgehead atoms. The van der Waals surface area contributed by atoms with Gasteiger partial charge in [0.15, 0.2) is 0 Å². The van der Waals surface area contributed by atoms with Crippen LogP contribution in [0.15, 0.2) is 24.3 Å². The Morgan fingerprint density at radius 1 is 1.21 bits per heavy atom. The lowest BCUT2D eigenvalue weighted by Crippen LogP contribution is -2.04. The van der Waals surface area contributed by atoms with Gasteiger partial charge in [-0.15, -0.1) is 0 Å². The third-order valence-electron chi connectivity index (χ3n) is 2.84. The molecular formula is C14H14N2O3. The number of rotatable bonds is 3. The van der Waals surface area contributed by atoms with E-state index in [4.69, 9.17) is 9.84 Å². The molecule has 0 radical (unpaired) electrons. The van der Waals surface area contributed by atoms with Crippen molar-refractivity contribution in [1.82, 2.24) is 10.2 Å². The van der Waals surface area contributed by atoms with Gasteiger partial charge < -0.3 is 9.84 Å². The molecule has 19 heavy (non-hydrogen) atoms. The number of benzene rings is 1. The first-order valence-electron chi connectivity index (χ1n) is 5.75. The fraction of sp³-hybridized carbons (Fsp3) is 0.214. The number of nitrogens with zero attached hydrogens (tertiary/aromatic N) is 2. The quantitative estimate of drug-likeness (QED) is 0.915. The molecule has 0 fully saturated rings. The maximum Gasteiger partial charge on any atom is 0.337 e. The molecule has 5 nitrogen and oxygen atoms in total. The molecule has 0 aliphatic rings. The van der Waals surface area contributed by atoms with Crippen LogP contribution in [0.1, 0.15) is 21.6 Å². The Balaban J connectivity index is 2.62. The average molecular weight is 258 g/mol. The highest BCUT2D eigenvalue weighted by molar-refractivity contribution is 5.90. The van der Waals surface area contributed by atoms with Crippen LogP contribution in [0.5, 0.6) is 5.75 Å². The van der Waals surface area contributed by atoms with Gasteiger partial charge in [-0.1, -0.05) is 11.6 Å². The van der Waals surface area contributed by atoms with Gasteiger partial charge >= 0.3 is 5.97 Å². The van der Waals surface area contributed by atoms with Gasteiger partial charge in [0.2, 0.25) is 0 Å². The molecule has 2 rings (SSSR count). The zero-order valence-corrected chi connectivity index (χ0v) is 11.0. The van der Waals surface area contributed by atoms with E-state index in [0.717, 1.165) is 11.1 Å². The summed E-state index contributed by atoms with van der Waals surface area (Å²) in [5.41, 5.74) is 2.80. The Hall–Kier alpha value is -2.43. The molecular weight excluding hydrogens is 244 g/mol. The molecule has 0 saturated heterocycles. The lowest BCUT2D eigenvalue weighted by Gasteiger charge is -2.09. The van der Waals surface area contributed by atoms with E-state index < -0.39 is 5.97 Å². The Morgan fingerprint density at radius 3 is 2.58 bits per heavy atom. The second-order valence-corrected chi connectivity index (χ2v) is 4.24. The molecule has 0 unspecified atom stereocenters.